The van der Waals surface area contributed by atoms with Crippen molar-refractivity contribution in [3.05, 3.63) is 17.7 Å². The molecule has 1 aromatic heterocycles. The molecule has 0 radical (unpaired) electrons. The van der Waals surface area contributed by atoms with Gasteiger partial charge in [0.25, 0.3) is 0 Å². The van der Waals surface area contributed by atoms with Crippen LogP contribution in [-0.4, -0.2) is 9.55 Å². The van der Waals surface area contributed by atoms with Crippen molar-refractivity contribution in [2.45, 2.75) is 25.9 Å². The van der Waals surface area contributed by atoms with Gasteiger partial charge in [-0.3, -0.25) is 0 Å². The van der Waals surface area contributed by atoms with Crippen molar-refractivity contribution in [3.63, 3.8) is 0 Å². The van der Waals surface area contributed by atoms with Crippen LogP contribution in [0.4, 0.5) is 0 Å². The highest BCUT2D eigenvalue weighted by molar-refractivity contribution is 5.10. The highest BCUT2D eigenvalue weighted by Gasteiger charge is 2.20. The summed E-state index contributed by atoms with van der Waals surface area (Å²) in [5.74, 6) is 1.05. The minimum Gasteiger partial charge on any atom is -0.331 e. The highest BCUT2D eigenvalue weighted by Crippen LogP contribution is 2.22. The molecule has 0 aliphatic carbocycles. The molecule has 54 valence electrons. The normalized spacial score (nSPS) is 23.2. The van der Waals surface area contributed by atoms with E-state index in [0.29, 0.717) is 0 Å². The Morgan fingerprint density at radius 3 is 3.30 bits per heavy atom. The van der Waals surface area contributed by atoms with Crippen LogP contribution in [0.25, 0.3) is 0 Å². The zero-order chi connectivity index (χ0) is 7.14. The van der Waals surface area contributed by atoms with Gasteiger partial charge in [-0.05, 0) is 13.3 Å². The molecule has 0 aromatic carbocycles. The largest absolute Gasteiger partial charge is 0.331 e. The SMILES string of the molecule is Cc1cnc2n1CCC2N. The zero-order valence-electron chi connectivity index (χ0n) is 6.04. The van der Waals surface area contributed by atoms with Gasteiger partial charge >= 0.3 is 0 Å². The van der Waals surface area contributed by atoms with Gasteiger partial charge in [-0.25, -0.2) is 4.98 Å². The summed E-state index contributed by atoms with van der Waals surface area (Å²) in [5, 5.41) is 0. The second kappa shape index (κ2) is 1.83. The van der Waals surface area contributed by atoms with Crippen molar-refractivity contribution in [1.82, 2.24) is 9.55 Å². The molecule has 3 nitrogen and oxygen atoms in total. The standard InChI is InChI=1S/C7H11N3/c1-5-4-9-7-6(8)2-3-10(5)7/h4,6H,2-3,8H2,1H3. The van der Waals surface area contributed by atoms with E-state index in [1.54, 1.807) is 0 Å². The summed E-state index contributed by atoms with van der Waals surface area (Å²) in [6.07, 6.45) is 2.93. The Labute approximate surface area is 59.9 Å². The molecule has 0 fully saturated rings. The lowest BCUT2D eigenvalue weighted by Gasteiger charge is -1.97. The Kier molecular flexibility index (Phi) is 1.08. The van der Waals surface area contributed by atoms with Crippen molar-refractivity contribution >= 4 is 0 Å². The first-order chi connectivity index (χ1) is 4.79. The summed E-state index contributed by atoms with van der Waals surface area (Å²) in [6.45, 7) is 3.11. The quantitative estimate of drug-likeness (QED) is 0.569. The fraction of sp³-hybridized carbons (Fsp3) is 0.571. The maximum absolute atomic E-state index is 5.78. The van der Waals surface area contributed by atoms with Crippen molar-refractivity contribution in [2.24, 2.45) is 5.73 Å². The summed E-state index contributed by atoms with van der Waals surface area (Å²) in [4.78, 5) is 4.22. The summed E-state index contributed by atoms with van der Waals surface area (Å²) in [5.41, 5.74) is 7.00. The lowest BCUT2D eigenvalue weighted by atomic mass is 10.3. The van der Waals surface area contributed by atoms with Crippen LogP contribution in [-0.2, 0) is 6.54 Å². The Hall–Kier alpha value is -0.830. The first-order valence-electron chi connectivity index (χ1n) is 3.56. The van der Waals surface area contributed by atoms with Crippen molar-refractivity contribution in [1.29, 1.82) is 0 Å². The molecule has 1 unspecified atom stereocenters. The molecular weight excluding hydrogens is 126 g/mol. The van der Waals surface area contributed by atoms with E-state index in [1.807, 2.05) is 6.20 Å². The van der Waals surface area contributed by atoms with Gasteiger partial charge in [-0.15, -0.1) is 0 Å². The Morgan fingerprint density at radius 1 is 1.80 bits per heavy atom. The Bertz CT molecular complexity index is 251. The maximum atomic E-state index is 5.78. The molecule has 0 bridgehead atoms. The summed E-state index contributed by atoms with van der Waals surface area (Å²) >= 11 is 0. The topological polar surface area (TPSA) is 43.8 Å². The number of fused-ring (bicyclic) bond motifs is 1. The van der Waals surface area contributed by atoms with Crippen LogP contribution in [0.15, 0.2) is 6.20 Å². The van der Waals surface area contributed by atoms with Gasteiger partial charge in [-0.1, -0.05) is 0 Å². The molecule has 2 rings (SSSR count). The number of aryl methyl sites for hydroxylation is 1. The molecule has 0 spiro atoms. The number of hydrogen-bond acceptors (Lipinski definition) is 2. The number of hydrogen-bond donors (Lipinski definition) is 1. The van der Waals surface area contributed by atoms with Crippen molar-refractivity contribution in [2.75, 3.05) is 0 Å². The van der Waals surface area contributed by atoms with E-state index in [9.17, 15) is 0 Å². The van der Waals surface area contributed by atoms with Crippen LogP contribution < -0.4 is 5.73 Å². The lowest BCUT2D eigenvalue weighted by molar-refractivity contribution is 0.673. The van der Waals surface area contributed by atoms with Crippen LogP contribution in [0, 0.1) is 6.92 Å². The van der Waals surface area contributed by atoms with Crippen molar-refractivity contribution in [3.8, 4) is 0 Å². The monoisotopic (exact) mass is 137 g/mol. The highest BCUT2D eigenvalue weighted by atomic mass is 15.1. The summed E-state index contributed by atoms with van der Waals surface area (Å²) in [6, 6.07) is 0.175. The van der Waals surface area contributed by atoms with Gasteiger partial charge in [0.15, 0.2) is 0 Å². The maximum Gasteiger partial charge on any atom is 0.125 e. The molecule has 0 amide bonds. The molecule has 0 saturated heterocycles. The van der Waals surface area contributed by atoms with E-state index < -0.39 is 0 Å². The smallest absolute Gasteiger partial charge is 0.125 e. The average molecular weight is 137 g/mol. The number of rotatable bonds is 0. The number of aromatic nitrogens is 2. The predicted molar refractivity (Wildman–Crippen MR) is 38.5 cm³/mol. The second-order valence-electron chi connectivity index (χ2n) is 2.80. The minimum atomic E-state index is 0.175. The molecule has 1 aromatic rings. The zero-order valence-corrected chi connectivity index (χ0v) is 6.04. The second-order valence-corrected chi connectivity index (χ2v) is 2.80. The van der Waals surface area contributed by atoms with Crippen LogP contribution >= 0.6 is 0 Å². The van der Waals surface area contributed by atoms with Crippen LogP contribution in [0.1, 0.15) is 24.0 Å². The van der Waals surface area contributed by atoms with Gasteiger partial charge in [0.2, 0.25) is 0 Å². The minimum absolute atomic E-state index is 0.175. The van der Waals surface area contributed by atoms with E-state index >= 15 is 0 Å². The average Bonchev–Trinajstić information content (AvgIpc) is 2.41. The Balaban J connectivity index is 2.53. The first kappa shape index (κ1) is 5.92. The van der Waals surface area contributed by atoms with E-state index in [-0.39, 0.29) is 6.04 Å². The predicted octanol–water partition coefficient (Wildman–Crippen LogP) is 0.595. The molecule has 1 aliphatic rings. The summed E-state index contributed by atoms with van der Waals surface area (Å²) in [7, 11) is 0. The summed E-state index contributed by atoms with van der Waals surface area (Å²) < 4.78 is 2.19. The lowest BCUT2D eigenvalue weighted by Crippen LogP contribution is -2.06. The number of nitrogens with zero attached hydrogens (tertiary/aromatic N) is 2. The van der Waals surface area contributed by atoms with Crippen LogP contribution in [0.3, 0.4) is 0 Å². The molecule has 2 N–H and O–H groups in total. The fourth-order valence-electron chi connectivity index (χ4n) is 1.46. The van der Waals surface area contributed by atoms with E-state index in [4.69, 9.17) is 5.73 Å². The molecule has 2 heterocycles. The van der Waals surface area contributed by atoms with E-state index in [1.165, 1.54) is 5.69 Å². The van der Waals surface area contributed by atoms with Gasteiger partial charge in [0.05, 0.1) is 6.04 Å². The molecule has 0 saturated carbocycles. The van der Waals surface area contributed by atoms with E-state index in [2.05, 4.69) is 16.5 Å². The number of imidazole rings is 1. The van der Waals surface area contributed by atoms with Gasteiger partial charge < -0.3 is 10.3 Å². The number of nitrogens with two attached hydrogens (primary N) is 1. The Morgan fingerprint density at radius 2 is 2.60 bits per heavy atom. The van der Waals surface area contributed by atoms with Crippen molar-refractivity contribution < 1.29 is 0 Å². The van der Waals surface area contributed by atoms with Gasteiger partial charge in [0.1, 0.15) is 5.82 Å². The molecule has 1 atom stereocenters. The fourth-order valence-corrected chi connectivity index (χ4v) is 1.46. The third kappa shape index (κ3) is 0.609. The molecule has 3 heteroatoms. The van der Waals surface area contributed by atoms with Crippen LogP contribution in [0.2, 0.25) is 0 Å². The van der Waals surface area contributed by atoms with Gasteiger partial charge in [-0.2, -0.15) is 0 Å². The van der Waals surface area contributed by atoms with E-state index in [0.717, 1.165) is 18.8 Å². The molecule has 1 aliphatic heterocycles. The molecule has 10 heavy (non-hydrogen) atoms. The third-order valence-corrected chi connectivity index (χ3v) is 2.08. The first-order valence-corrected chi connectivity index (χ1v) is 3.56. The van der Waals surface area contributed by atoms with Crippen LogP contribution in [0.5, 0.6) is 0 Å². The van der Waals surface area contributed by atoms with Gasteiger partial charge in [0, 0.05) is 18.4 Å². The third-order valence-electron chi connectivity index (χ3n) is 2.08. The molecular formula is C7H11N3.